The number of nitrogens with zero attached hydrogens (tertiary/aromatic N) is 4. The van der Waals surface area contributed by atoms with E-state index in [1.807, 2.05) is 6.92 Å². The number of aromatic amines is 1. The molecule has 3 aromatic rings. The lowest BCUT2D eigenvalue weighted by molar-refractivity contribution is 0.311. The van der Waals surface area contributed by atoms with Gasteiger partial charge in [-0.15, -0.1) is 0 Å². The molecule has 0 aliphatic heterocycles. The molecule has 98 valence electrons. The van der Waals surface area contributed by atoms with Gasteiger partial charge in [0.1, 0.15) is 0 Å². The molecule has 0 aliphatic carbocycles. The minimum Gasteiger partial charge on any atom is -0.493 e. The molecule has 0 fully saturated rings. The van der Waals surface area contributed by atoms with Gasteiger partial charge in [0, 0.05) is 6.07 Å². The Balaban J connectivity index is 2.43. The van der Waals surface area contributed by atoms with Crippen molar-refractivity contribution in [3.05, 3.63) is 22.5 Å². The lowest BCUT2D eigenvalue weighted by Crippen LogP contribution is -2.11. The highest BCUT2D eigenvalue weighted by molar-refractivity contribution is 5.83. The Kier molecular flexibility index (Phi) is 2.55. The first-order valence-electron chi connectivity index (χ1n) is 5.69. The van der Waals surface area contributed by atoms with E-state index < -0.39 is 0 Å². The van der Waals surface area contributed by atoms with Crippen molar-refractivity contribution in [2.24, 2.45) is 0 Å². The predicted molar refractivity (Wildman–Crippen MR) is 66.6 cm³/mol. The van der Waals surface area contributed by atoms with Gasteiger partial charge in [0.25, 0.3) is 11.3 Å². The van der Waals surface area contributed by atoms with Crippen molar-refractivity contribution in [2.75, 3.05) is 13.7 Å². The number of H-pyrrole nitrogens is 1. The van der Waals surface area contributed by atoms with Crippen LogP contribution in [0.25, 0.3) is 16.7 Å². The van der Waals surface area contributed by atoms with Gasteiger partial charge in [-0.2, -0.15) is 4.52 Å². The van der Waals surface area contributed by atoms with E-state index in [0.717, 1.165) is 0 Å². The van der Waals surface area contributed by atoms with Gasteiger partial charge in [0.2, 0.25) is 0 Å². The van der Waals surface area contributed by atoms with E-state index in [0.29, 0.717) is 29.0 Å². The van der Waals surface area contributed by atoms with Crippen molar-refractivity contribution in [1.82, 2.24) is 25.0 Å². The van der Waals surface area contributed by atoms with Crippen molar-refractivity contribution in [3.63, 3.8) is 0 Å². The number of hydrogen-bond acceptors (Lipinski definition) is 6. The van der Waals surface area contributed by atoms with E-state index in [2.05, 4.69) is 20.5 Å². The molecule has 8 heteroatoms. The number of nitrogens with one attached hydrogen (secondary N) is 1. The van der Waals surface area contributed by atoms with Crippen LogP contribution >= 0.6 is 0 Å². The fourth-order valence-electron chi connectivity index (χ4n) is 1.93. The zero-order chi connectivity index (χ0) is 13.4. The topological polar surface area (TPSA) is 94.4 Å². The van der Waals surface area contributed by atoms with Gasteiger partial charge in [-0.3, -0.25) is 9.78 Å². The Morgan fingerprint density at radius 3 is 2.95 bits per heavy atom. The molecule has 2 heterocycles. The van der Waals surface area contributed by atoms with E-state index in [-0.39, 0.29) is 11.3 Å². The molecular weight excluding hydrogens is 250 g/mol. The van der Waals surface area contributed by atoms with Crippen LogP contribution in [0.3, 0.4) is 0 Å². The molecule has 0 unspecified atom stereocenters. The van der Waals surface area contributed by atoms with Crippen LogP contribution in [0.2, 0.25) is 0 Å². The number of fused-ring (bicyclic) bond motifs is 3. The summed E-state index contributed by atoms with van der Waals surface area (Å²) in [5.41, 5.74) is 0.284. The molecule has 0 amide bonds. The average Bonchev–Trinajstić information content (AvgIpc) is 2.87. The highest BCUT2D eigenvalue weighted by atomic mass is 16.5. The number of hydrogen-bond donors (Lipinski definition) is 1. The Labute approximate surface area is 106 Å². The molecular formula is C11H11N5O3. The Hall–Kier alpha value is -2.64. The highest BCUT2D eigenvalue weighted by Gasteiger charge is 2.13. The maximum atomic E-state index is 12.0. The normalized spacial score (nSPS) is 11.1. The first-order valence-corrected chi connectivity index (χ1v) is 5.69. The third-order valence-corrected chi connectivity index (χ3v) is 2.75. The summed E-state index contributed by atoms with van der Waals surface area (Å²) in [6.45, 7) is 2.36. The molecule has 8 nitrogen and oxygen atoms in total. The van der Waals surface area contributed by atoms with Crippen molar-refractivity contribution in [2.45, 2.75) is 6.92 Å². The molecule has 0 aliphatic rings. The van der Waals surface area contributed by atoms with Gasteiger partial charge in [0.05, 0.1) is 24.6 Å². The fraction of sp³-hybridized carbons (Fsp3) is 0.273. The first-order chi connectivity index (χ1) is 9.24. The van der Waals surface area contributed by atoms with Crippen LogP contribution in [0.1, 0.15) is 6.92 Å². The summed E-state index contributed by atoms with van der Waals surface area (Å²) in [6, 6.07) is 3.30. The summed E-state index contributed by atoms with van der Waals surface area (Å²) < 4.78 is 12.1. The standard InChI is InChI=1S/C11H11N5O3/c1-3-19-9-5-7-6(4-8(9)18-2)10(17)12-11-13-14-15-16(7)11/h4-5H,3H2,1-2H3,(H,12,13,15,17). The molecule has 0 spiro atoms. The molecule has 0 bridgehead atoms. The molecule has 0 saturated carbocycles. The number of ether oxygens (including phenoxy) is 2. The molecule has 0 radical (unpaired) electrons. The number of tetrazole rings is 1. The number of benzene rings is 1. The third kappa shape index (κ3) is 1.68. The first kappa shape index (κ1) is 11.5. The van der Waals surface area contributed by atoms with Crippen molar-refractivity contribution < 1.29 is 9.47 Å². The molecule has 1 aromatic carbocycles. The summed E-state index contributed by atoms with van der Waals surface area (Å²) in [4.78, 5) is 14.6. The summed E-state index contributed by atoms with van der Waals surface area (Å²) in [7, 11) is 1.52. The maximum Gasteiger partial charge on any atom is 0.260 e. The predicted octanol–water partition coefficient (Wildman–Crippen LogP) is 0.373. The molecule has 19 heavy (non-hydrogen) atoms. The van der Waals surface area contributed by atoms with Gasteiger partial charge in [-0.05, 0) is 23.4 Å². The molecule has 3 rings (SSSR count). The van der Waals surface area contributed by atoms with E-state index in [4.69, 9.17) is 9.47 Å². The second-order valence-corrected chi connectivity index (χ2v) is 3.82. The summed E-state index contributed by atoms with van der Waals surface area (Å²) in [5, 5.41) is 11.5. The lowest BCUT2D eigenvalue weighted by atomic mass is 10.2. The van der Waals surface area contributed by atoms with Crippen LogP contribution in [0, 0.1) is 0 Å². The summed E-state index contributed by atoms with van der Waals surface area (Å²) >= 11 is 0. The van der Waals surface area contributed by atoms with E-state index in [1.54, 1.807) is 12.1 Å². The molecule has 0 atom stereocenters. The second kappa shape index (κ2) is 4.23. The Morgan fingerprint density at radius 2 is 2.21 bits per heavy atom. The minimum atomic E-state index is -0.279. The third-order valence-electron chi connectivity index (χ3n) is 2.75. The minimum absolute atomic E-state index is 0.279. The number of methoxy groups -OCH3 is 1. The van der Waals surface area contributed by atoms with Crippen LogP contribution in [-0.4, -0.2) is 38.7 Å². The molecule has 1 N–H and O–H groups in total. The highest BCUT2D eigenvalue weighted by Crippen LogP contribution is 2.30. The zero-order valence-corrected chi connectivity index (χ0v) is 10.4. The van der Waals surface area contributed by atoms with E-state index in [1.165, 1.54) is 11.6 Å². The van der Waals surface area contributed by atoms with Gasteiger partial charge >= 0.3 is 0 Å². The maximum absolute atomic E-state index is 12.0. The van der Waals surface area contributed by atoms with E-state index in [9.17, 15) is 4.79 Å². The summed E-state index contributed by atoms with van der Waals surface area (Å²) in [5.74, 6) is 1.32. The van der Waals surface area contributed by atoms with Crippen LogP contribution in [0.5, 0.6) is 11.5 Å². The quantitative estimate of drug-likeness (QED) is 0.732. The Morgan fingerprint density at radius 1 is 1.37 bits per heavy atom. The lowest BCUT2D eigenvalue weighted by Gasteiger charge is -2.10. The van der Waals surface area contributed by atoms with Crippen LogP contribution in [0.4, 0.5) is 0 Å². The van der Waals surface area contributed by atoms with E-state index >= 15 is 0 Å². The van der Waals surface area contributed by atoms with Crippen molar-refractivity contribution in [1.29, 1.82) is 0 Å². The fourth-order valence-corrected chi connectivity index (χ4v) is 1.93. The zero-order valence-electron chi connectivity index (χ0n) is 10.4. The van der Waals surface area contributed by atoms with Crippen molar-refractivity contribution >= 4 is 16.7 Å². The molecule has 2 aromatic heterocycles. The molecule has 0 saturated heterocycles. The van der Waals surface area contributed by atoms with Crippen LogP contribution < -0.4 is 15.0 Å². The van der Waals surface area contributed by atoms with Gasteiger partial charge in [-0.25, -0.2) is 0 Å². The van der Waals surface area contributed by atoms with Crippen LogP contribution in [0.15, 0.2) is 16.9 Å². The SMILES string of the molecule is CCOc1cc2c(cc1OC)c(=O)[nH]c1nnnn12. The largest absolute Gasteiger partial charge is 0.493 e. The second-order valence-electron chi connectivity index (χ2n) is 3.82. The summed E-state index contributed by atoms with van der Waals surface area (Å²) in [6.07, 6.45) is 0. The smallest absolute Gasteiger partial charge is 0.260 e. The number of aromatic nitrogens is 5. The number of rotatable bonds is 3. The van der Waals surface area contributed by atoms with Crippen LogP contribution in [-0.2, 0) is 0 Å². The average molecular weight is 261 g/mol. The van der Waals surface area contributed by atoms with Gasteiger partial charge in [0.15, 0.2) is 11.5 Å². The van der Waals surface area contributed by atoms with Gasteiger partial charge in [-0.1, -0.05) is 5.10 Å². The Bertz CT molecular complexity index is 807. The van der Waals surface area contributed by atoms with Gasteiger partial charge < -0.3 is 9.47 Å². The van der Waals surface area contributed by atoms with Crippen molar-refractivity contribution in [3.8, 4) is 11.5 Å². The monoisotopic (exact) mass is 261 g/mol.